The van der Waals surface area contributed by atoms with Gasteiger partial charge in [-0.1, -0.05) is 24.3 Å². The molecule has 2 aromatic carbocycles. The van der Waals surface area contributed by atoms with Crippen LogP contribution >= 0.6 is 0 Å². The number of hydrogen-bond acceptors (Lipinski definition) is 5. The molecule has 0 radical (unpaired) electrons. The van der Waals surface area contributed by atoms with Crippen LogP contribution < -0.4 is 14.2 Å². The number of esters is 1. The standard InChI is InChI=1S/C24H26O5/c1-16(25)29-23-8-6-5-7-22(17-9-11-19(26-2)12-10-17)24(23)18-13-20(27-3)15-21(14-18)28-4/h5,7-15,22,24H,6H2,1-4H3/t22-,24+/m1/s1. The maximum Gasteiger partial charge on any atom is 0.307 e. The summed E-state index contributed by atoms with van der Waals surface area (Å²) >= 11 is 0. The molecule has 0 aromatic heterocycles. The highest BCUT2D eigenvalue weighted by Crippen LogP contribution is 2.44. The third kappa shape index (κ3) is 4.80. The zero-order chi connectivity index (χ0) is 20.8. The van der Waals surface area contributed by atoms with Crippen molar-refractivity contribution in [3.8, 4) is 17.2 Å². The number of hydrogen-bond donors (Lipinski definition) is 0. The zero-order valence-electron chi connectivity index (χ0n) is 17.2. The first kappa shape index (κ1) is 20.5. The molecule has 0 fully saturated rings. The molecule has 152 valence electrons. The van der Waals surface area contributed by atoms with Crippen LogP contribution in [0.15, 0.2) is 66.5 Å². The Labute approximate surface area is 171 Å². The van der Waals surface area contributed by atoms with Crippen LogP contribution in [0.25, 0.3) is 0 Å². The van der Waals surface area contributed by atoms with E-state index < -0.39 is 0 Å². The van der Waals surface area contributed by atoms with E-state index >= 15 is 0 Å². The third-order valence-electron chi connectivity index (χ3n) is 4.96. The Bertz CT molecular complexity index is 889. The average molecular weight is 394 g/mol. The third-order valence-corrected chi connectivity index (χ3v) is 4.96. The van der Waals surface area contributed by atoms with Crippen LogP contribution in [-0.4, -0.2) is 27.3 Å². The normalized spacial score (nSPS) is 18.4. The lowest BCUT2D eigenvalue weighted by molar-refractivity contribution is -0.137. The zero-order valence-corrected chi connectivity index (χ0v) is 17.2. The minimum absolute atomic E-state index is 0.0363. The van der Waals surface area contributed by atoms with Crippen molar-refractivity contribution >= 4 is 5.97 Å². The van der Waals surface area contributed by atoms with Crippen LogP contribution in [0.4, 0.5) is 0 Å². The van der Waals surface area contributed by atoms with Crippen LogP contribution in [0.5, 0.6) is 17.2 Å². The van der Waals surface area contributed by atoms with Gasteiger partial charge in [0.1, 0.15) is 23.0 Å². The van der Waals surface area contributed by atoms with Gasteiger partial charge >= 0.3 is 5.97 Å². The fourth-order valence-electron chi connectivity index (χ4n) is 3.61. The summed E-state index contributed by atoms with van der Waals surface area (Å²) in [5, 5.41) is 0. The second-order valence-electron chi connectivity index (χ2n) is 6.79. The summed E-state index contributed by atoms with van der Waals surface area (Å²) in [5.41, 5.74) is 2.04. The maximum atomic E-state index is 11.8. The highest BCUT2D eigenvalue weighted by molar-refractivity contribution is 5.68. The molecule has 0 aliphatic heterocycles. The van der Waals surface area contributed by atoms with Crippen LogP contribution in [-0.2, 0) is 9.53 Å². The summed E-state index contributed by atoms with van der Waals surface area (Å²) < 4.78 is 21.9. The molecule has 0 spiro atoms. The molecule has 29 heavy (non-hydrogen) atoms. The first-order valence-electron chi connectivity index (χ1n) is 9.47. The molecule has 1 aliphatic rings. The van der Waals surface area contributed by atoms with Gasteiger partial charge in [0.05, 0.1) is 27.2 Å². The van der Waals surface area contributed by atoms with E-state index in [2.05, 4.69) is 12.2 Å². The first-order valence-corrected chi connectivity index (χ1v) is 9.47. The van der Waals surface area contributed by atoms with Gasteiger partial charge in [-0.15, -0.1) is 0 Å². The number of methoxy groups -OCH3 is 3. The van der Waals surface area contributed by atoms with Crippen LogP contribution in [0.1, 0.15) is 36.3 Å². The van der Waals surface area contributed by atoms with Crippen molar-refractivity contribution in [3.05, 3.63) is 77.6 Å². The molecule has 5 nitrogen and oxygen atoms in total. The minimum atomic E-state index is -0.341. The Kier molecular flexibility index (Phi) is 6.60. The fourth-order valence-corrected chi connectivity index (χ4v) is 3.61. The average Bonchev–Trinajstić information content (AvgIpc) is 2.95. The van der Waals surface area contributed by atoms with Crippen molar-refractivity contribution < 1.29 is 23.7 Å². The number of carbonyl (C=O) groups is 1. The molecule has 5 heteroatoms. The van der Waals surface area contributed by atoms with E-state index in [0.717, 1.165) is 16.9 Å². The molecule has 0 unspecified atom stereocenters. The van der Waals surface area contributed by atoms with Gasteiger partial charge in [-0.25, -0.2) is 0 Å². The van der Waals surface area contributed by atoms with Gasteiger partial charge in [-0.3, -0.25) is 4.79 Å². The van der Waals surface area contributed by atoms with Gasteiger partial charge in [-0.05, 0) is 47.9 Å². The maximum absolute atomic E-state index is 11.8. The largest absolute Gasteiger partial charge is 0.497 e. The Balaban J connectivity index is 2.14. The smallest absolute Gasteiger partial charge is 0.307 e. The number of allylic oxidation sites excluding steroid dienone is 4. The highest BCUT2D eigenvalue weighted by Gasteiger charge is 2.31. The molecule has 0 heterocycles. The number of ether oxygens (including phenoxy) is 4. The van der Waals surface area contributed by atoms with Crippen molar-refractivity contribution in [1.82, 2.24) is 0 Å². The lowest BCUT2D eigenvalue weighted by Gasteiger charge is -2.27. The summed E-state index contributed by atoms with van der Waals surface area (Å²) in [7, 11) is 4.89. The van der Waals surface area contributed by atoms with E-state index in [1.807, 2.05) is 48.5 Å². The van der Waals surface area contributed by atoms with Gasteiger partial charge in [-0.2, -0.15) is 0 Å². The molecule has 1 aliphatic carbocycles. The SMILES string of the molecule is COc1ccc([C@H]2C=CCC=C(OC(C)=O)[C@H]2c2cc(OC)cc(OC)c2)cc1. The monoisotopic (exact) mass is 394 g/mol. The predicted molar refractivity (Wildman–Crippen MR) is 112 cm³/mol. The number of benzene rings is 2. The number of carbonyl (C=O) groups excluding carboxylic acids is 1. The van der Waals surface area contributed by atoms with Gasteiger partial charge < -0.3 is 18.9 Å². The van der Waals surface area contributed by atoms with E-state index in [1.165, 1.54) is 6.92 Å². The van der Waals surface area contributed by atoms with E-state index in [-0.39, 0.29) is 17.8 Å². The number of rotatable bonds is 6. The lowest BCUT2D eigenvalue weighted by atomic mass is 9.80. The molecular formula is C24H26O5. The minimum Gasteiger partial charge on any atom is -0.497 e. The Morgan fingerprint density at radius 2 is 1.48 bits per heavy atom. The summed E-state index contributed by atoms with van der Waals surface area (Å²) in [6.07, 6.45) is 6.89. The Morgan fingerprint density at radius 3 is 2.03 bits per heavy atom. The topological polar surface area (TPSA) is 54.0 Å². The van der Waals surface area contributed by atoms with Gasteiger partial charge in [0.25, 0.3) is 0 Å². The van der Waals surface area contributed by atoms with Crippen molar-refractivity contribution in [2.75, 3.05) is 21.3 Å². The second-order valence-corrected chi connectivity index (χ2v) is 6.79. The highest BCUT2D eigenvalue weighted by atomic mass is 16.5. The van der Waals surface area contributed by atoms with E-state index in [9.17, 15) is 4.79 Å². The van der Waals surface area contributed by atoms with Crippen molar-refractivity contribution in [1.29, 1.82) is 0 Å². The molecule has 2 atom stereocenters. The molecule has 0 bridgehead atoms. The molecule has 2 aromatic rings. The Morgan fingerprint density at radius 1 is 0.862 bits per heavy atom. The molecular weight excluding hydrogens is 368 g/mol. The molecule has 0 saturated heterocycles. The van der Waals surface area contributed by atoms with E-state index in [4.69, 9.17) is 18.9 Å². The first-order chi connectivity index (χ1) is 14.0. The lowest BCUT2D eigenvalue weighted by Crippen LogP contribution is -2.16. The molecule has 0 saturated carbocycles. The van der Waals surface area contributed by atoms with Crippen molar-refractivity contribution in [2.24, 2.45) is 0 Å². The summed E-state index contributed by atoms with van der Waals surface area (Å²) in [6.45, 7) is 1.42. The van der Waals surface area contributed by atoms with E-state index in [0.29, 0.717) is 23.7 Å². The predicted octanol–water partition coefficient (Wildman–Crippen LogP) is 4.99. The fraction of sp³-hybridized carbons (Fsp3) is 0.292. The van der Waals surface area contributed by atoms with Crippen LogP contribution in [0, 0.1) is 0 Å². The molecule has 3 rings (SSSR count). The van der Waals surface area contributed by atoms with Gasteiger partial charge in [0, 0.05) is 18.9 Å². The molecule has 0 N–H and O–H groups in total. The summed E-state index contributed by atoms with van der Waals surface area (Å²) in [4.78, 5) is 11.8. The van der Waals surface area contributed by atoms with Crippen molar-refractivity contribution in [2.45, 2.75) is 25.2 Å². The quantitative estimate of drug-likeness (QED) is 0.510. The van der Waals surface area contributed by atoms with Crippen LogP contribution in [0.3, 0.4) is 0 Å². The van der Waals surface area contributed by atoms with Crippen LogP contribution in [0.2, 0.25) is 0 Å². The van der Waals surface area contributed by atoms with Gasteiger partial charge in [0.15, 0.2) is 0 Å². The molecule has 0 amide bonds. The Hall–Kier alpha value is -3.21. The summed E-state index contributed by atoms with van der Waals surface area (Å²) in [5.74, 6) is 2.19. The second kappa shape index (κ2) is 9.32. The van der Waals surface area contributed by atoms with Gasteiger partial charge in [0.2, 0.25) is 0 Å². The van der Waals surface area contributed by atoms with E-state index in [1.54, 1.807) is 21.3 Å². The summed E-state index contributed by atoms with van der Waals surface area (Å²) in [6, 6.07) is 13.7. The van der Waals surface area contributed by atoms with Crippen molar-refractivity contribution in [3.63, 3.8) is 0 Å².